The molecule has 0 aliphatic carbocycles. The van der Waals surface area contributed by atoms with Crippen LogP contribution in [0.1, 0.15) is 22.8 Å². The molecule has 0 spiro atoms. The summed E-state index contributed by atoms with van der Waals surface area (Å²) in [5.41, 5.74) is 4.47. The molecule has 5 nitrogen and oxygen atoms in total. The lowest BCUT2D eigenvalue weighted by molar-refractivity contribution is 0.0955. The van der Waals surface area contributed by atoms with Gasteiger partial charge in [-0.3, -0.25) is 4.79 Å². The van der Waals surface area contributed by atoms with Crippen molar-refractivity contribution in [1.29, 1.82) is 0 Å². The van der Waals surface area contributed by atoms with Gasteiger partial charge in [0.05, 0.1) is 19.9 Å². The number of nitrogens with one attached hydrogen (secondary N) is 1. The van der Waals surface area contributed by atoms with Gasteiger partial charge in [0.25, 0.3) is 5.91 Å². The number of rotatable bonds is 5. The lowest BCUT2D eigenvalue weighted by Crippen LogP contribution is -2.19. The first-order chi connectivity index (χ1) is 11.0. The predicted molar refractivity (Wildman–Crippen MR) is 90.7 cm³/mol. The number of carbonyl (C=O) groups is 1. The third-order valence-electron chi connectivity index (χ3n) is 3.23. The fourth-order valence-corrected chi connectivity index (χ4v) is 2.05. The molecule has 0 aliphatic rings. The topological polar surface area (TPSA) is 59.9 Å². The van der Waals surface area contributed by atoms with Crippen molar-refractivity contribution in [3.05, 3.63) is 58.6 Å². The van der Waals surface area contributed by atoms with E-state index in [4.69, 9.17) is 21.1 Å². The zero-order valence-electron chi connectivity index (χ0n) is 13.1. The van der Waals surface area contributed by atoms with Gasteiger partial charge in [-0.05, 0) is 49.4 Å². The Balaban J connectivity index is 2.13. The summed E-state index contributed by atoms with van der Waals surface area (Å²) in [6.45, 7) is 1.80. The number of nitrogens with zero attached hydrogens (tertiary/aromatic N) is 1. The summed E-state index contributed by atoms with van der Waals surface area (Å²) in [6, 6.07) is 12.0. The maximum Gasteiger partial charge on any atom is 0.271 e. The smallest absolute Gasteiger partial charge is 0.271 e. The van der Waals surface area contributed by atoms with Crippen molar-refractivity contribution in [2.45, 2.75) is 6.92 Å². The summed E-state index contributed by atoms with van der Waals surface area (Å²) in [4.78, 5) is 12.0. The average molecular weight is 333 g/mol. The van der Waals surface area contributed by atoms with Crippen LogP contribution < -0.4 is 14.9 Å². The lowest BCUT2D eigenvalue weighted by atomic mass is 10.1. The third kappa shape index (κ3) is 4.23. The van der Waals surface area contributed by atoms with Gasteiger partial charge in [-0.25, -0.2) is 5.43 Å². The molecule has 23 heavy (non-hydrogen) atoms. The van der Waals surface area contributed by atoms with E-state index in [9.17, 15) is 4.79 Å². The Hall–Kier alpha value is -2.53. The molecule has 2 rings (SSSR count). The van der Waals surface area contributed by atoms with Crippen molar-refractivity contribution in [3.63, 3.8) is 0 Å². The summed E-state index contributed by atoms with van der Waals surface area (Å²) in [5.74, 6) is 0.930. The summed E-state index contributed by atoms with van der Waals surface area (Å²) in [6.07, 6.45) is 0. The van der Waals surface area contributed by atoms with E-state index in [1.807, 2.05) is 6.07 Å². The molecule has 6 heteroatoms. The number of hydrazone groups is 1. The van der Waals surface area contributed by atoms with Gasteiger partial charge in [0, 0.05) is 16.1 Å². The van der Waals surface area contributed by atoms with Crippen LogP contribution >= 0.6 is 11.6 Å². The number of amides is 1. The van der Waals surface area contributed by atoms with Crippen LogP contribution in [0.15, 0.2) is 47.6 Å². The van der Waals surface area contributed by atoms with Crippen molar-refractivity contribution < 1.29 is 14.3 Å². The maximum absolute atomic E-state index is 12.0. The lowest BCUT2D eigenvalue weighted by Gasteiger charge is -2.09. The number of methoxy groups -OCH3 is 2. The van der Waals surface area contributed by atoms with Crippen LogP contribution in [-0.2, 0) is 0 Å². The Morgan fingerprint density at radius 1 is 1.00 bits per heavy atom. The first kappa shape index (κ1) is 16.8. The fourth-order valence-electron chi connectivity index (χ4n) is 1.93. The fraction of sp³-hybridized carbons (Fsp3) is 0.176. The van der Waals surface area contributed by atoms with Crippen LogP contribution in [0.4, 0.5) is 0 Å². The van der Waals surface area contributed by atoms with Crippen LogP contribution in [0, 0.1) is 0 Å². The Morgan fingerprint density at radius 2 is 1.61 bits per heavy atom. The molecular formula is C17H17ClN2O3. The van der Waals surface area contributed by atoms with Gasteiger partial charge in [0.2, 0.25) is 0 Å². The molecule has 1 amide bonds. The minimum absolute atomic E-state index is 0.304. The van der Waals surface area contributed by atoms with Crippen molar-refractivity contribution in [2.75, 3.05) is 14.2 Å². The molecule has 0 bridgehead atoms. The molecular weight excluding hydrogens is 316 g/mol. The average Bonchev–Trinajstić information content (AvgIpc) is 2.59. The molecule has 0 fully saturated rings. The van der Waals surface area contributed by atoms with Crippen LogP contribution in [0.25, 0.3) is 0 Å². The van der Waals surface area contributed by atoms with E-state index in [1.54, 1.807) is 57.5 Å². The summed E-state index contributed by atoms with van der Waals surface area (Å²) in [5, 5.41) is 4.69. The zero-order chi connectivity index (χ0) is 16.8. The second-order valence-corrected chi connectivity index (χ2v) is 5.15. The zero-order valence-corrected chi connectivity index (χ0v) is 13.8. The number of carbonyl (C=O) groups excluding carboxylic acids is 1. The highest BCUT2D eigenvalue weighted by Gasteiger charge is 2.08. The maximum atomic E-state index is 12.0. The molecule has 0 heterocycles. The number of hydrogen-bond donors (Lipinski definition) is 1. The van der Waals surface area contributed by atoms with Crippen molar-refractivity contribution in [1.82, 2.24) is 5.43 Å². The van der Waals surface area contributed by atoms with Gasteiger partial charge in [-0.2, -0.15) is 5.10 Å². The minimum Gasteiger partial charge on any atom is -0.493 e. The molecule has 0 atom stereocenters. The van der Waals surface area contributed by atoms with Crippen molar-refractivity contribution >= 4 is 23.2 Å². The van der Waals surface area contributed by atoms with Crippen LogP contribution in [0.3, 0.4) is 0 Å². The second kappa shape index (κ2) is 7.65. The van der Waals surface area contributed by atoms with E-state index >= 15 is 0 Å². The Morgan fingerprint density at radius 3 is 2.22 bits per heavy atom. The van der Waals surface area contributed by atoms with Gasteiger partial charge in [-0.1, -0.05) is 11.6 Å². The normalized spacial score (nSPS) is 11.0. The highest BCUT2D eigenvalue weighted by Crippen LogP contribution is 2.27. The highest BCUT2D eigenvalue weighted by molar-refractivity contribution is 6.30. The Labute approximate surface area is 139 Å². The predicted octanol–water partition coefficient (Wildman–Crippen LogP) is 3.51. The largest absolute Gasteiger partial charge is 0.493 e. The highest BCUT2D eigenvalue weighted by atomic mass is 35.5. The molecule has 0 saturated heterocycles. The molecule has 0 unspecified atom stereocenters. The molecule has 0 saturated carbocycles. The Bertz CT molecular complexity index is 727. The van der Waals surface area contributed by atoms with Gasteiger partial charge in [0.1, 0.15) is 0 Å². The van der Waals surface area contributed by atoms with Gasteiger partial charge in [-0.15, -0.1) is 0 Å². The van der Waals surface area contributed by atoms with E-state index in [0.717, 1.165) is 5.56 Å². The monoisotopic (exact) mass is 332 g/mol. The van der Waals surface area contributed by atoms with Gasteiger partial charge >= 0.3 is 0 Å². The SMILES string of the molecule is COc1ccc(/C(C)=N/NC(=O)c2ccc(Cl)cc2)cc1OC. The van der Waals surface area contributed by atoms with Crippen molar-refractivity contribution in [2.24, 2.45) is 5.10 Å². The molecule has 1 N–H and O–H groups in total. The van der Waals surface area contributed by atoms with E-state index < -0.39 is 0 Å². The van der Waals surface area contributed by atoms with Crippen LogP contribution in [0.5, 0.6) is 11.5 Å². The first-order valence-corrected chi connectivity index (χ1v) is 7.25. The van der Waals surface area contributed by atoms with Crippen molar-refractivity contribution in [3.8, 4) is 11.5 Å². The molecule has 120 valence electrons. The molecule has 2 aromatic rings. The van der Waals surface area contributed by atoms with E-state index in [0.29, 0.717) is 27.8 Å². The van der Waals surface area contributed by atoms with E-state index in [1.165, 1.54) is 0 Å². The van der Waals surface area contributed by atoms with Crippen LogP contribution in [-0.4, -0.2) is 25.8 Å². The minimum atomic E-state index is -0.304. The van der Waals surface area contributed by atoms with Crippen LogP contribution in [0.2, 0.25) is 5.02 Å². The summed E-state index contributed by atoms with van der Waals surface area (Å²) >= 11 is 5.80. The molecule has 0 radical (unpaired) electrons. The molecule has 0 aliphatic heterocycles. The number of benzene rings is 2. The molecule has 0 aromatic heterocycles. The molecule has 2 aromatic carbocycles. The number of halogens is 1. The number of ether oxygens (including phenoxy) is 2. The Kier molecular flexibility index (Phi) is 5.60. The second-order valence-electron chi connectivity index (χ2n) is 4.71. The first-order valence-electron chi connectivity index (χ1n) is 6.87. The van der Waals surface area contributed by atoms with E-state index in [2.05, 4.69) is 10.5 Å². The quantitative estimate of drug-likeness (QED) is 0.673. The van der Waals surface area contributed by atoms with Gasteiger partial charge in [0.15, 0.2) is 11.5 Å². The standard InChI is InChI=1S/C17H17ClN2O3/c1-11(13-6-9-15(22-2)16(10-13)23-3)19-20-17(21)12-4-7-14(18)8-5-12/h4-10H,1-3H3,(H,20,21)/b19-11+. The third-order valence-corrected chi connectivity index (χ3v) is 3.48. The van der Waals surface area contributed by atoms with Gasteiger partial charge < -0.3 is 9.47 Å². The number of hydrogen-bond acceptors (Lipinski definition) is 4. The van der Waals surface area contributed by atoms with E-state index in [-0.39, 0.29) is 5.91 Å². The summed E-state index contributed by atoms with van der Waals surface area (Å²) in [7, 11) is 3.14. The summed E-state index contributed by atoms with van der Waals surface area (Å²) < 4.78 is 10.4.